The maximum absolute atomic E-state index is 9.25. The summed E-state index contributed by atoms with van der Waals surface area (Å²) in [5, 5.41) is 7.60. The summed E-state index contributed by atoms with van der Waals surface area (Å²) in [6.45, 7) is 10.3. The van der Waals surface area contributed by atoms with Crippen molar-refractivity contribution in [3.8, 4) is 0 Å². The van der Waals surface area contributed by atoms with E-state index in [0.717, 1.165) is 17.2 Å². The smallest absolute Gasteiger partial charge is 0.327 e. The van der Waals surface area contributed by atoms with Crippen molar-refractivity contribution in [2.75, 3.05) is 0 Å². The van der Waals surface area contributed by atoms with Crippen LogP contribution in [-0.4, -0.2) is 11.1 Å². The number of hydrogen-bond acceptors (Lipinski definition) is 1. The Morgan fingerprint density at radius 2 is 1.27 bits per heavy atom. The zero-order chi connectivity index (χ0) is 11.7. The van der Waals surface area contributed by atoms with E-state index in [9.17, 15) is 4.79 Å². The summed E-state index contributed by atoms with van der Waals surface area (Å²) >= 11 is 0. The molecule has 2 heteroatoms. The summed E-state index contributed by atoms with van der Waals surface area (Å²) in [5.41, 5.74) is 2.29. The van der Waals surface area contributed by atoms with Gasteiger partial charge in [-0.1, -0.05) is 56.2 Å². The lowest BCUT2D eigenvalue weighted by Gasteiger charge is -1.92. The van der Waals surface area contributed by atoms with Crippen molar-refractivity contribution in [1.29, 1.82) is 0 Å². The predicted octanol–water partition coefficient (Wildman–Crippen LogP) is 3.23. The van der Waals surface area contributed by atoms with Gasteiger partial charge in [0.25, 0.3) is 0 Å². The normalized spacial score (nSPS) is 8.00. The number of hydrogen-bond donors (Lipinski definition) is 1. The topological polar surface area (TPSA) is 37.3 Å². The first kappa shape index (κ1) is 12.9. The Hall–Kier alpha value is -2.09. The summed E-state index contributed by atoms with van der Waals surface area (Å²) in [7, 11) is 0. The number of carbonyl (C=O) groups is 1. The average Bonchev–Trinajstić information content (AvgIpc) is 2.30. The van der Waals surface area contributed by atoms with Crippen LogP contribution >= 0.6 is 0 Å². The van der Waals surface area contributed by atoms with E-state index in [2.05, 4.69) is 19.7 Å². The van der Waals surface area contributed by atoms with Crippen molar-refractivity contribution in [2.24, 2.45) is 0 Å². The van der Waals surface area contributed by atoms with Gasteiger partial charge in [-0.3, -0.25) is 0 Å². The summed E-state index contributed by atoms with van der Waals surface area (Å²) in [5.74, 6) is -0.981. The van der Waals surface area contributed by atoms with Crippen LogP contribution < -0.4 is 0 Å². The van der Waals surface area contributed by atoms with Crippen molar-refractivity contribution < 1.29 is 9.90 Å². The number of carboxylic acid groups (broad SMARTS) is 1. The number of aliphatic carboxylic acids is 1. The summed E-state index contributed by atoms with van der Waals surface area (Å²) < 4.78 is 0. The molecule has 0 saturated carbocycles. The zero-order valence-corrected chi connectivity index (χ0v) is 8.52. The van der Waals surface area contributed by atoms with Gasteiger partial charge in [0.15, 0.2) is 0 Å². The van der Waals surface area contributed by atoms with Crippen molar-refractivity contribution in [2.45, 2.75) is 0 Å². The van der Waals surface area contributed by atoms with E-state index in [0.29, 0.717) is 0 Å². The van der Waals surface area contributed by atoms with E-state index < -0.39 is 5.97 Å². The second kappa shape index (κ2) is 7.33. The van der Waals surface area contributed by atoms with Gasteiger partial charge in [-0.15, -0.1) is 0 Å². The molecule has 0 aliphatic rings. The Bertz CT molecular complexity index is 320. The Kier molecular flexibility index (Phi) is 6.31. The fourth-order valence-corrected chi connectivity index (χ4v) is 0.768. The lowest BCUT2D eigenvalue weighted by molar-refractivity contribution is -0.131. The van der Waals surface area contributed by atoms with Gasteiger partial charge >= 0.3 is 5.97 Å². The highest BCUT2D eigenvalue weighted by molar-refractivity contribution is 5.78. The molecule has 0 aromatic heterocycles. The molecule has 0 fully saturated rings. The fraction of sp³-hybridized carbons (Fsp3) is 0. The van der Waals surface area contributed by atoms with E-state index in [1.807, 2.05) is 36.4 Å². The third kappa shape index (κ3) is 6.05. The lowest BCUT2D eigenvalue weighted by Crippen LogP contribution is -1.82. The van der Waals surface area contributed by atoms with Gasteiger partial charge < -0.3 is 5.11 Å². The Balaban J connectivity index is 0.000000336. The molecule has 1 N–H and O–H groups in total. The van der Waals surface area contributed by atoms with Crippen LogP contribution in [0.15, 0.2) is 50.1 Å². The van der Waals surface area contributed by atoms with Gasteiger partial charge in [0.05, 0.1) is 0 Å². The molecule has 2 nitrogen and oxygen atoms in total. The highest BCUT2D eigenvalue weighted by atomic mass is 16.4. The van der Waals surface area contributed by atoms with Gasteiger partial charge in [0.2, 0.25) is 0 Å². The summed E-state index contributed by atoms with van der Waals surface area (Å²) in [4.78, 5) is 9.25. The van der Waals surface area contributed by atoms with Gasteiger partial charge in [-0.05, 0) is 11.1 Å². The third-order valence-electron chi connectivity index (χ3n) is 1.58. The van der Waals surface area contributed by atoms with Gasteiger partial charge in [0, 0.05) is 6.08 Å². The van der Waals surface area contributed by atoms with Crippen molar-refractivity contribution in [3.05, 3.63) is 61.2 Å². The number of rotatable bonds is 3. The molecule has 0 bridgehead atoms. The lowest BCUT2D eigenvalue weighted by atomic mass is 10.1. The number of carboxylic acids is 1. The SMILES string of the molecule is C=CC(=O)O.C=Cc1ccc(C=C)cc1. The van der Waals surface area contributed by atoms with E-state index >= 15 is 0 Å². The molecule has 0 unspecified atom stereocenters. The number of benzene rings is 1. The summed E-state index contributed by atoms with van der Waals surface area (Å²) in [6.07, 6.45) is 4.49. The van der Waals surface area contributed by atoms with Crippen molar-refractivity contribution >= 4 is 18.1 Å². The van der Waals surface area contributed by atoms with Crippen LogP contribution in [0.2, 0.25) is 0 Å². The van der Waals surface area contributed by atoms with Gasteiger partial charge in [-0.25, -0.2) is 4.79 Å². The molecule has 1 rings (SSSR count). The van der Waals surface area contributed by atoms with Crippen LogP contribution in [0, 0.1) is 0 Å². The van der Waals surface area contributed by atoms with Crippen LogP contribution in [0.5, 0.6) is 0 Å². The van der Waals surface area contributed by atoms with Crippen LogP contribution in [0.3, 0.4) is 0 Å². The van der Waals surface area contributed by atoms with Crippen LogP contribution in [0.1, 0.15) is 11.1 Å². The maximum Gasteiger partial charge on any atom is 0.327 e. The molecule has 78 valence electrons. The molecular formula is C13H14O2. The molecule has 0 saturated heterocycles. The van der Waals surface area contributed by atoms with Crippen LogP contribution in [0.4, 0.5) is 0 Å². The highest BCUT2D eigenvalue weighted by Gasteiger charge is 1.84. The van der Waals surface area contributed by atoms with Crippen molar-refractivity contribution in [1.82, 2.24) is 0 Å². The second-order valence-corrected chi connectivity index (χ2v) is 2.62. The Morgan fingerprint density at radius 3 is 1.40 bits per heavy atom. The first-order chi connectivity index (χ1) is 7.13. The van der Waals surface area contributed by atoms with E-state index in [1.165, 1.54) is 0 Å². The molecule has 0 aliphatic heterocycles. The van der Waals surface area contributed by atoms with E-state index in [1.54, 1.807) is 0 Å². The molecule has 0 aliphatic carbocycles. The van der Waals surface area contributed by atoms with Crippen LogP contribution in [-0.2, 0) is 4.79 Å². The molecule has 0 atom stereocenters. The van der Waals surface area contributed by atoms with Crippen molar-refractivity contribution in [3.63, 3.8) is 0 Å². The molecule has 15 heavy (non-hydrogen) atoms. The minimum absolute atomic E-state index is 0.833. The predicted molar refractivity (Wildman–Crippen MR) is 64.5 cm³/mol. The van der Waals surface area contributed by atoms with E-state index in [-0.39, 0.29) is 0 Å². The monoisotopic (exact) mass is 202 g/mol. The molecule has 0 spiro atoms. The van der Waals surface area contributed by atoms with Crippen LogP contribution in [0.25, 0.3) is 12.2 Å². The molecular weight excluding hydrogens is 188 g/mol. The van der Waals surface area contributed by atoms with Gasteiger partial charge in [-0.2, -0.15) is 0 Å². The third-order valence-corrected chi connectivity index (χ3v) is 1.58. The zero-order valence-electron chi connectivity index (χ0n) is 8.52. The van der Waals surface area contributed by atoms with E-state index in [4.69, 9.17) is 5.11 Å². The summed E-state index contributed by atoms with van der Waals surface area (Å²) in [6, 6.07) is 8.07. The molecule has 1 aromatic rings. The quantitative estimate of drug-likeness (QED) is 0.764. The standard InChI is InChI=1S/C10H10.C3H4O2/c1-3-9-5-7-10(4-2)8-6-9;1-2-3(4)5/h3-8H,1-2H2;2H,1H2,(H,4,5). The van der Waals surface area contributed by atoms with Gasteiger partial charge in [0.1, 0.15) is 0 Å². The molecule has 0 heterocycles. The highest BCUT2D eigenvalue weighted by Crippen LogP contribution is 2.05. The largest absolute Gasteiger partial charge is 0.478 e. The Morgan fingerprint density at radius 1 is 1.00 bits per heavy atom. The average molecular weight is 202 g/mol. The first-order valence-corrected chi connectivity index (χ1v) is 4.34. The fourth-order valence-electron chi connectivity index (χ4n) is 0.768. The molecule has 0 amide bonds. The second-order valence-electron chi connectivity index (χ2n) is 2.62. The minimum atomic E-state index is -0.981. The Labute approximate surface area is 89.9 Å². The maximum atomic E-state index is 9.25. The minimum Gasteiger partial charge on any atom is -0.478 e. The molecule has 0 radical (unpaired) electrons. The molecule has 1 aromatic carbocycles. The first-order valence-electron chi connectivity index (χ1n) is 4.34.